The molecule has 0 saturated carbocycles. The number of piperidine rings is 1. The van der Waals surface area contributed by atoms with Gasteiger partial charge in [0, 0.05) is 24.6 Å². The summed E-state index contributed by atoms with van der Waals surface area (Å²) in [5, 5.41) is 14.6. The van der Waals surface area contributed by atoms with E-state index in [9.17, 15) is 9.18 Å². The molecule has 1 fully saturated rings. The largest absolute Gasteiger partial charge is 0.302 e. The van der Waals surface area contributed by atoms with Crippen LogP contribution in [0.3, 0.4) is 0 Å². The number of benzene rings is 2. The molecule has 172 valence electrons. The van der Waals surface area contributed by atoms with Gasteiger partial charge in [-0.1, -0.05) is 35.6 Å². The second kappa shape index (κ2) is 8.69. The fourth-order valence-corrected chi connectivity index (χ4v) is 5.43. The normalized spacial score (nSPS) is 15.4. The number of hydrogen-bond acceptors (Lipinski definition) is 7. The van der Waals surface area contributed by atoms with Gasteiger partial charge in [-0.15, -0.1) is 10.2 Å². The summed E-state index contributed by atoms with van der Waals surface area (Å²) in [6.45, 7) is 3.20. The average Bonchev–Trinajstić information content (AvgIpc) is 3.46. The van der Waals surface area contributed by atoms with Gasteiger partial charge in [0.2, 0.25) is 4.96 Å². The standard InChI is InChI=1S/C24H22FN7OS/c25-19-7-3-1-5-17(19)22-29-32-21(27-28-24(32)34-22)16-9-11-30(12-10-16)13-14-31-15-26-20-8-4-2-6-18(20)23(31)33/h1-8,15-16H,9-14H2. The third-order valence-electron chi connectivity index (χ3n) is 6.46. The summed E-state index contributed by atoms with van der Waals surface area (Å²) in [4.78, 5) is 20.2. The Bertz CT molecular complexity index is 1530. The quantitative estimate of drug-likeness (QED) is 0.387. The maximum atomic E-state index is 14.2. The van der Waals surface area contributed by atoms with E-state index in [4.69, 9.17) is 0 Å². The molecule has 0 N–H and O–H groups in total. The first-order valence-corrected chi connectivity index (χ1v) is 12.1. The van der Waals surface area contributed by atoms with Crippen LogP contribution < -0.4 is 5.56 Å². The number of fused-ring (bicyclic) bond motifs is 2. The van der Waals surface area contributed by atoms with Crippen LogP contribution in [0.5, 0.6) is 0 Å². The summed E-state index contributed by atoms with van der Waals surface area (Å²) in [5.74, 6) is 0.790. The molecule has 1 saturated heterocycles. The van der Waals surface area contributed by atoms with Crippen molar-refractivity contribution in [3.8, 4) is 10.6 Å². The molecular weight excluding hydrogens is 453 g/mol. The van der Waals surface area contributed by atoms with Crippen LogP contribution in [0.1, 0.15) is 24.6 Å². The highest BCUT2D eigenvalue weighted by molar-refractivity contribution is 7.19. The summed E-state index contributed by atoms with van der Waals surface area (Å²) in [6.07, 6.45) is 3.50. The van der Waals surface area contributed by atoms with Crippen LogP contribution in [-0.2, 0) is 6.54 Å². The van der Waals surface area contributed by atoms with Crippen molar-refractivity contribution in [1.82, 2.24) is 34.3 Å². The maximum absolute atomic E-state index is 14.2. The summed E-state index contributed by atoms with van der Waals surface area (Å²) in [5.41, 5.74) is 1.21. The van der Waals surface area contributed by atoms with Crippen LogP contribution in [0.25, 0.3) is 26.4 Å². The van der Waals surface area contributed by atoms with E-state index in [0.717, 1.165) is 43.8 Å². The van der Waals surface area contributed by atoms with Gasteiger partial charge < -0.3 is 4.90 Å². The topological polar surface area (TPSA) is 81.2 Å². The first-order chi connectivity index (χ1) is 16.7. The Balaban J connectivity index is 1.13. The molecule has 34 heavy (non-hydrogen) atoms. The minimum atomic E-state index is -0.289. The van der Waals surface area contributed by atoms with Gasteiger partial charge in [0.05, 0.1) is 17.2 Å². The molecule has 0 amide bonds. The summed E-state index contributed by atoms with van der Waals surface area (Å²) in [6, 6.07) is 14.1. The zero-order valence-corrected chi connectivity index (χ0v) is 19.2. The van der Waals surface area contributed by atoms with E-state index in [1.165, 1.54) is 17.4 Å². The number of likely N-dealkylation sites (tertiary alicyclic amines) is 1. The van der Waals surface area contributed by atoms with Crippen LogP contribution in [0, 0.1) is 5.82 Å². The smallest absolute Gasteiger partial charge is 0.261 e. The Labute approximate surface area is 198 Å². The van der Waals surface area contributed by atoms with Crippen molar-refractivity contribution in [3.63, 3.8) is 0 Å². The molecule has 10 heteroatoms. The predicted molar refractivity (Wildman–Crippen MR) is 128 cm³/mol. The fraction of sp³-hybridized carbons (Fsp3) is 0.292. The fourth-order valence-electron chi connectivity index (χ4n) is 4.56. The molecule has 0 atom stereocenters. The lowest BCUT2D eigenvalue weighted by Gasteiger charge is -2.30. The van der Waals surface area contributed by atoms with Crippen LogP contribution in [0.2, 0.25) is 0 Å². The molecule has 8 nitrogen and oxygen atoms in total. The van der Waals surface area contributed by atoms with Crippen molar-refractivity contribution >= 4 is 27.2 Å². The lowest BCUT2D eigenvalue weighted by atomic mass is 9.96. The Hall–Kier alpha value is -3.50. The summed E-state index contributed by atoms with van der Waals surface area (Å²) < 4.78 is 17.7. The van der Waals surface area contributed by atoms with Gasteiger partial charge in [-0.3, -0.25) is 9.36 Å². The number of halogens is 1. The van der Waals surface area contributed by atoms with Gasteiger partial charge in [0.15, 0.2) is 10.8 Å². The third kappa shape index (κ3) is 3.78. The summed E-state index contributed by atoms with van der Waals surface area (Å²) >= 11 is 1.35. The van der Waals surface area contributed by atoms with Gasteiger partial charge in [-0.05, 0) is 50.2 Å². The van der Waals surface area contributed by atoms with Gasteiger partial charge >= 0.3 is 0 Å². The molecule has 5 aromatic rings. The molecule has 0 unspecified atom stereocenters. The molecule has 1 aliphatic rings. The molecule has 0 aliphatic carbocycles. The Kier molecular flexibility index (Phi) is 5.39. The van der Waals surface area contributed by atoms with E-state index in [0.29, 0.717) is 27.5 Å². The van der Waals surface area contributed by atoms with Crippen LogP contribution in [0.4, 0.5) is 4.39 Å². The van der Waals surface area contributed by atoms with Crippen molar-refractivity contribution in [3.05, 3.63) is 76.9 Å². The highest BCUT2D eigenvalue weighted by Gasteiger charge is 2.26. The van der Waals surface area contributed by atoms with Gasteiger partial charge in [0.25, 0.3) is 5.56 Å². The van der Waals surface area contributed by atoms with Gasteiger partial charge in [-0.2, -0.15) is 9.61 Å². The Morgan fingerprint density at radius 1 is 1.00 bits per heavy atom. The molecular formula is C24H22FN7OS. The number of aromatic nitrogens is 6. The van der Waals surface area contributed by atoms with Crippen molar-refractivity contribution in [2.24, 2.45) is 0 Å². The molecule has 4 heterocycles. The van der Waals surface area contributed by atoms with E-state index in [1.807, 2.05) is 24.3 Å². The highest BCUT2D eigenvalue weighted by atomic mass is 32.1. The Morgan fingerprint density at radius 3 is 2.65 bits per heavy atom. The third-order valence-corrected chi connectivity index (χ3v) is 7.39. The second-order valence-electron chi connectivity index (χ2n) is 8.52. The first kappa shape index (κ1) is 21.1. The van der Waals surface area contributed by atoms with E-state index >= 15 is 0 Å². The van der Waals surface area contributed by atoms with Crippen LogP contribution >= 0.6 is 11.3 Å². The zero-order valence-electron chi connectivity index (χ0n) is 18.3. The van der Waals surface area contributed by atoms with Crippen molar-refractivity contribution in [2.75, 3.05) is 19.6 Å². The minimum absolute atomic E-state index is 0.000488. The second-order valence-corrected chi connectivity index (χ2v) is 9.47. The predicted octanol–water partition coefficient (Wildman–Crippen LogP) is 3.58. The SMILES string of the molecule is O=c1c2ccccc2ncn1CCN1CCC(c2nnc3sc(-c4ccccc4F)nn23)CC1. The molecule has 0 bridgehead atoms. The van der Waals surface area contributed by atoms with Gasteiger partial charge in [0.1, 0.15) is 5.82 Å². The monoisotopic (exact) mass is 475 g/mol. The number of rotatable bonds is 5. The maximum Gasteiger partial charge on any atom is 0.261 e. The van der Waals surface area contributed by atoms with Crippen LogP contribution in [0.15, 0.2) is 59.7 Å². The zero-order chi connectivity index (χ0) is 23.1. The lowest BCUT2D eigenvalue weighted by Crippen LogP contribution is -2.37. The lowest BCUT2D eigenvalue weighted by molar-refractivity contribution is 0.201. The molecule has 1 aliphatic heterocycles. The molecule has 2 aromatic carbocycles. The highest BCUT2D eigenvalue weighted by Crippen LogP contribution is 2.31. The average molecular weight is 476 g/mol. The number of para-hydroxylation sites is 1. The van der Waals surface area contributed by atoms with E-state index < -0.39 is 0 Å². The van der Waals surface area contributed by atoms with Crippen molar-refractivity contribution in [2.45, 2.75) is 25.3 Å². The van der Waals surface area contributed by atoms with Crippen molar-refractivity contribution in [1.29, 1.82) is 0 Å². The molecule has 6 rings (SSSR count). The number of hydrogen-bond donors (Lipinski definition) is 0. The number of nitrogens with zero attached hydrogens (tertiary/aromatic N) is 7. The summed E-state index contributed by atoms with van der Waals surface area (Å²) in [7, 11) is 0. The molecule has 0 spiro atoms. The first-order valence-electron chi connectivity index (χ1n) is 11.3. The van der Waals surface area contributed by atoms with Crippen LogP contribution in [-0.4, -0.2) is 53.9 Å². The molecule has 3 aromatic heterocycles. The van der Waals surface area contributed by atoms with E-state index in [-0.39, 0.29) is 17.3 Å². The van der Waals surface area contributed by atoms with E-state index in [2.05, 4.69) is 25.2 Å². The van der Waals surface area contributed by atoms with Crippen molar-refractivity contribution < 1.29 is 4.39 Å². The van der Waals surface area contributed by atoms with E-state index in [1.54, 1.807) is 33.6 Å². The Morgan fingerprint density at radius 2 is 1.79 bits per heavy atom. The minimum Gasteiger partial charge on any atom is -0.302 e. The molecule has 0 radical (unpaired) electrons. The van der Waals surface area contributed by atoms with Gasteiger partial charge in [-0.25, -0.2) is 9.37 Å².